The summed E-state index contributed by atoms with van der Waals surface area (Å²) in [7, 11) is 0. The Balaban J connectivity index is 1.71. The lowest BCUT2D eigenvalue weighted by molar-refractivity contribution is -0.137. The molecule has 0 bridgehead atoms. The monoisotopic (exact) mass is 477 g/mol. The molecule has 0 atom stereocenters. The fourth-order valence-corrected chi connectivity index (χ4v) is 5.20. The molecule has 36 heavy (non-hydrogen) atoms. The first kappa shape index (κ1) is 20.8. The number of alkyl halides is 3. The molecule has 1 N–H and O–H groups in total. The zero-order valence-electron chi connectivity index (χ0n) is 18.8. The Morgan fingerprint density at radius 2 is 1.33 bits per heavy atom. The van der Waals surface area contributed by atoms with Gasteiger partial charge >= 0.3 is 6.18 Å². The molecule has 3 nitrogen and oxygen atoms in total. The van der Waals surface area contributed by atoms with E-state index in [0.717, 1.165) is 67.6 Å². The van der Waals surface area contributed by atoms with E-state index in [2.05, 4.69) is 9.55 Å². The third-order valence-electron chi connectivity index (χ3n) is 6.76. The number of hydrogen-bond donors (Lipinski definition) is 1. The molecule has 0 saturated heterocycles. The summed E-state index contributed by atoms with van der Waals surface area (Å²) < 4.78 is 42.2. The molecule has 4 aromatic carbocycles. The van der Waals surface area contributed by atoms with Gasteiger partial charge in [-0.05, 0) is 42.0 Å². The summed E-state index contributed by atoms with van der Waals surface area (Å²) >= 11 is 0. The molecule has 7 rings (SSSR count). The fourth-order valence-electron chi connectivity index (χ4n) is 5.20. The van der Waals surface area contributed by atoms with Gasteiger partial charge in [0, 0.05) is 38.5 Å². The molecular weight excluding hydrogens is 459 g/mol. The van der Waals surface area contributed by atoms with Crippen LogP contribution in [0.25, 0.3) is 61.0 Å². The van der Waals surface area contributed by atoms with E-state index >= 15 is 0 Å². The van der Waals surface area contributed by atoms with E-state index in [9.17, 15) is 13.2 Å². The van der Waals surface area contributed by atoms with E-state index in [4.69, 9.17) is 4.98 Å². The number of aromatic nitrogens is 3. The lowest BCUT2D eigenvalue weighted by Gasteiger charge is -2.19. The van der Waals surface area contributed by atoms with Gasteiger partial charge < -0.3 is 4.98 Å². The van der Waals surface area contributed by atoms with Gasteiger partial charge in [0.25, 0.3) is 0 Å². The normalized spacial score (nSPS) is 12.3. The van der Waals surface area contributed by atoms with E-state index in [-0.39, 0.29) is 0 Å². The summed E-state index contributed by atoms with van der Waals surface area (Å²) in [6.45, 7) is 0. The average Bonchev–Trinajstić information content (AvgIpc) is 3.46. The number of para-hydroxylation sites is 3. The molecule has 6 heteroatoms. The van der Waals surface area contributed by atoms with Crippen LogP contribution in [-0.4, -0.2) is 14.5 Å². The summed E-state index contributed by atoms with van der Waals surface area (Å²) in [5.41, 5.74) is 5.39. The van der Waals surface area contributed by atoms with Gasteiger partial charge in [-0.3, -0.25) is 4.57 Å². The Morgan fingerprint density at radius 1 is 0.667 bits per heavy atom. The van der Waals surface area contributed by atoms with Gasteiger partial charge in [0.15, 0.2) is 0 Å². The number of rotatable bonds is 2. The van der Waals surface area contributed by atoms with Crippen LogP contribution in [0.4, 0.5) is 13.2 Å². The number of halogens is 3. The molecule has 0 amide bonds. The zero-order chi connectivity index (χ0) is 24.4. The van der Waals surface area contributed by atoms with E-state index in [1.807, 2.05) is 78.9 Å². The maximum absolute atomic E-state index is 13.4. The molecule has 5 aromatic rings. The summed E-state index contributed by atoms with van der Waals surface area (Å²) in [5, 5.41) is 2.90. The van der Waals surface area contributed by atoms with Crippen LogP contribution in [0.3, 0.4) is 0 Å². The van der Waals surface area contributed by atoms with Crippen molar-refractivity contribution in [3.63, 3.8) is 0 Å². The molecule has 0 saturated carbocycles. The zero-order valence-corrected chi connectivity index (χ0v) is 18.8. The van der Waals surface area contributed by atoms with Gasteiger partial charge in [-0.25, -0.2) is 4.98 Å². The van der Waals surface area contributed by atoms with Crippen molar-refractivity contribution in [3.8, 4) is 28.2 Å². The maximum Gasteiger partial charge on any atom is 0.416 e. The minimum atomic E-state index is -4.40. The predicted octanol–water partition coefficient (Wildman–Crippen LogP) is 8.45. The van der Waals surface area contributed by atoms with Crippen LogP contribution in [0.1, 0.15) is 5.56 Å². The number of H-pyrrole nitrogens is 1. The lowest BCUT2D eigenvalue weighted by atomic mass is 9.92. The summed E-state index contributed by atoms with van der Waals surface area (Å²) in [6.07, 6.45) is -4.40. The van der Waals surface area contributed by atoms with Crippen molar-refractivity contribution in [1.82, 2.24) is 14.5 Å². The number of fused-ring (bicyclic) bond motifs is 6. The van der Waals surface area contributed by atoms with E-state index < -0.39 is 11.7 Å². The molecule has 0 radical (unpaired) electrons. The number of nitrogens with one attached hydrogen (secondary N) is 1. The quantitative estimate of drug-likeness (QED) is 0.266. The topological polar surface area (TPSA) is 33.6 Å². The van der Waals surface area contributed by atoms with Crippen molar-refractivity contribution in [2.24, 2.45) is 0 Å². The van der Waals surface area contributed by atoms with Gasteiger partial charge in [0.05, 0.1) is 11.1 Å². The number of hydrogen-bond acceptors (Lipinski definition) is 1. The molecule has 0 aliphatic carbocycles. The second-order valence-electron chi connectivity index (χ2n) is 8.84. The molecule has 3 heterocycles. The lowest BCUT2D eigenvalue weighted by Crippen LogP contribution is -2.06. The van der Waals surface area contributed by atoms with Crippen LogP contribution in [-0.2, 0) is 6.18 Å². The molecule has 2 aliphatic rings. The summed E-state index contributed by atoms with van der Waals surface area (Å²) in [5.74, 6) is 0.747. The van der Waals surface area contributed by atoms with Crippen LogP contribution in [0.15, 0.2) is 103 Å². The highest BCUT2D eigenvalue weighted by molar-refractivity contribution is 6.20. The van der Waals surface area contributed by atoms with Crippen molar-refractivity contribution in [2.45, 2.75) is 6.18 Å². The Kier molecular flexibility index (Phi) is 4.30. The van der Waals surface area contributed by atoms with Crippen molar-refractivity contribution < 1.29 is 13.2 Å². The molecule has 2 aliphatic heterocycles. The largest absolute Gasteiger partial charge is 0.416 e. The first-order valence-corrected chi connectivity index (χ1v) is 11.6. The Bertz CT molecular complexity index is 1850. The Morgan fingerprint density at radius 3 is 2.08 bits per heavy atom. The molecule has 174 valence electrons. The highest BCUT2D eigenvalue weighted by Gasteiger charge is 2.31. The van der Waals surface area contributed by atoms with E-state index in [0.29, 0.717) is 5.56 Å². The van der Waals surface area contributed by atoms with E-state index in [1.54, 1.807) is 12.1 Å². The molecule has 0 spiro atoms. The van der Waals surface area contributed by atoms with Crippen molar-refractivity contribution in [3.05, 3.63) is 109 Å². The van der Waals surface area contributed by atoms with Crippen molar-refractivity contribution in [1.29, 1.82) is 0 Å². The number of aromatic amines is 1. The van der Waals surface area contributed by atoms with E-state index in [1.165, 1.54) is 0 Å². The number of pyridine rings is 1. The molecule has 0 fully saturated rings. The highest BCUT2D eigenvalue weighted by Crippen LogP contribution is 2.47. The standard InChI is InChI=1S/C30H18F3N3/c31-30(32,33)19-16-14-18(15-17-19)25-26-21-10-4-6-12-23(21)34-28(26)36(20-8-2-1-3-9-20)29-27(25)22-11-5-7-13-24(22)35-29/h1-17,34H. The van der Waals surface area contributed by atoms with Crippen molar-refractivity contribution >= 4 is 32.8 Å². The van der Waals surface area contributed by atoms with Crippen molar-refractivity contribution in [2.75, 3.05) is 0 Å². The smallest absolute Gasteiger partial charge is 0.340 e. The maximum atomic E-state index is 13.4. The van der Waals surface area contributed by atoms with Gasteiger partial charge in [-0.1, -0.05) is 66.7 Å². The average molecular weight is 477 g/mol. The summed E-state index contributed by atoms with van der Waals surface area (Å²) in [6, 6.07) is 31.3. The SMILES string of the molecule is FC(F)(F)c1ccc(-c2c3c4ccccc4nc-3n(-c3ccccc3)c3[nH]c4ccccc4c23)cc1. The minimum absolute atomic E-state index is 0.668. The summed E-state index contributed by atoms with van der Waals surface area (Å²) in [4.78, 5) is 8.59. The van der Waals surface area contributed by atoms with Gasteiger partial charge in [-0.15, -0.1) is 0 Å². The van der Waals surface area contributed by atoms with Crippen LogP contribution in [0.2, 0.25) is 0 Å². The second kappa shape index (κ2) is 7.46. The molecule has 1 aromatic heterocycles. The first-order valence-electron chi connectivity index (χ1n) is 11.6. The third-order valence-corrected chi connectivity index (χ3v) is 6.76. The number of benzene rings is 4. The molecule has 0 unspecified atom stereocenters. The fraction of sp³-hybridized carbons (Fsp3) is 0.0333. The van der Waals surface area contributed by atoms with Crippen LogP contribution < -0.4 is 0 Å². The second-order valence-corrected chi connectivity index (χ2v) is 8.84. The number of nitrogens with zero attached hydrogens (tertiary/aromatic N) is 2. The highest BCUT2D eigenvalue weighted by atomic mass is 19.4. The van der Waals surface area contributed by atoms with Crippen LogP contribution in [0, 0.1) is 0 Å². The third kappa shape index (κ3) is 2.97. The molecular formula is C30H18F3N3. The minimum Gasteiger partial charge on any atom is -0.340 e. The Hall–Kier alpha value is -4.58. The van der Waals surface area contributed by atoms with Gasteiger partial charge in [-0.2, -0.15) is 13.2 Å². The predicted molar refractivity (Wildman–Crippen MR) is 137 cm³/mol. The Labute approximate surface area is 203 Å². The van der Waals surface area contributed by atoms with Crippen LogP contribution >= 0.6 is 0 Å². The van der Waals surface area contributed by atoms with Crippen LogP contribution in [0.5, 0.6) is 0 Å². The van der Waals surface area contributed by atoms with Gasteiger partial charge in [0.2, 0.25) is 0 Å². The first-order chi connectivity index (χ1) is 17.5. The van der Waals surface area contributed by atoms with Gasteiger partial charge in [0.1, 0.15) is 11.5 Å².